The summed E-state index contributed by atoms with van der Waals surface area (Å²) in [5, 5.41) is 0. The lowest BCUT2D eigenvalue weighted by Gasteiger charge is -2.31. The summed E-state index contributed by atoms with van der Waals surface area (Å²) in [6.07, 6.45) is 0.677. The zero-order chi connectivity index (χ0) is 21.9. The van der Waals surface area contributed by atoms with Crippen LogP contribution in [0.4, 0.5) is 0 Å². The fraction of sp³-hybridized carbons (Fsp3) is 0.409. The molecular formula is C22H26O8. The maximum absolute atomic E-state index is 12.3. The summed E-state index contributed by atoms with van der Waals surface area (Å²) in [6, 6.07) is 7.12. The van der Waals surface area contributed by atoms with Crippen LogP contribution in [-0.4, -0.2) is 48.6 Å². The van der Waals surface area contributed by atoms with Crippen molar-refractivity contribution in [1.82, 2.24) is 0 Å². The average Bonchev–Trinajstić information content (AvgIpc) is 3.19. The first-order valence-electron chi connectivity index (χ1n) is 9.30. The molecule has 162 valence electrons. The molecule has 1 aliphatic rings. The molecule has 30 heavy (non-hydrogen) atoms. The Labute approximate surface area is 175 Å². The highest BCUT2D eigenvalue weighted by molar-refractivity contribution is 5.75. The number of benzene rings is 2. The van der Waals surface area contributed by atoms with E-state index in [1.807, 2.05) is 0 Å². The predicted octanol–water partition coefficient (Wildman–Crippen LogP) is 3.32. The summed E-state index contributed by atoms with van der Waals surface area (Å²) in [4.78, 5) is 12.3. The van der Waals surface area contributed by atoms with Gasteiger partial charge in [0.2, 0.25) is 11.5 Å². The van der Waals surface area contributed by atoms with Crippen molar-refractivity contribution >= 4 is 5.97 Å². The van der Waals surface area contributed by atoms with Crippen LogP contribution >= 0.6 is 0 Å². The molecule has 0 saturated carbocycles. The highest BCUT2D eigenvalue weighted by Gasteiger charge is 2.45. The Kier molecular flexibility index (Phi) is 6.14. The first kappa shape index (κ1) is 21.4. The van der Waals surface area contributed by atoms with Gasteiger partial charge in [0.15, 0.2) is 28.6 Å². The van der Waals surface area contributed by atoms with E-state index in [1.54, 1.807) is 24.3 Å². The smallest absolute Gasteiger partial charge is 0.307 e. The Morgan fingerprint density at radius 2 is 1.03 bits per heavy atom. The summed E-state index contributed by atoms with van der Waals surface area (Å²) in [5.74, 6) is 2.44. The van der Waals surface area contributed by atoms with Crippen molar-refractivity contribution in [2.24, 2.45) is 0 Å². The van der Waals surface area contributed by atoms with Crippen molar-refractivity contribution in [3.8, 4) is 34.5 Å². The summed E-state index contributed by atoms with van der Waals surface area (Å²) < 4.78 is 38.8. The van der Waals surface area contributed by atoms with Gasteiger partial charge in [-0.2, -0.15) is 0 Å². The molecule has 1 fully saturated rings. The van der Waals surface area contributed by atoms with E-state index in [1.165, 1.54) is 42.7 Å². The molecule has 0 amide bonds. The normalized spacial score (nSPS) is 14.7. The summed E-state index contributed by atoms with van der Waals surface area (Å²) in [6.45, 7) is 0. The van der Waals surface area contributed by atoms with Gasteiger partial charge in [-0.05, 0) is 24.3 Å². The molecule has 8 heteroatoms. The average molecular weight is 418 g/mol. The van der Waals surface area contributed by atoms with Crippen LogP contribution in [0.5, 0.6) is 34.5 Å². The largest absolute Gasteiger partial charge is 0.493 e. The second kappa shape index (κ2) is 8.61. The van der Waals surface area contributed by atoms with Gasteiger partial charge in [0.05, 0.1) is 49.1 Å². The summed E-state index contributed by atoms with van der Waals surface area (Å²) in [5.41, 5.74) is 0.269. The third-order valence-corrected chi connectivity index (χ3v) is 5.23. The first-order chi connectivity index (χ1) is 14.5. The standard InChI is InChI=1S/C22H26O8/c1-24-15-9-13(10-16(25-2)20(15)28-5)22(8-7-19(23)30-22)14-11-17(26-3)21(29-6)18(12-14)27-4/h9-12H,7-8H2,1-6H3. The van der Waals surface area contributed by atoms with Gasteiger partial charge in [0.25, 0.3) is 0 Å². The van der Waals surface area contributed by atoms with Gasteiger partial charge in [0.1, 0.15) is 0 Å². The van der Waals surface area contributed by atoms with Gasteiger partial charge in [-0.15, -0.1) is 0 Å². The lowest BCUT2D eigenvalue weighted by molar-refractivity contribution is -0.146. The molecule has 1 aliphatic heterocycles. The van der Waals surface area contributed by atoms with Crippen LogP contribution in [-0.2, 0) is 15.1 Å². The second-order valence-corrected chi connectivity index (χ2v) is 6.63. The van der Waals surface area contributed by atoms with E-state index in [2.05, 4.69) is 0 Å². The molecule has 1 heterocycles. The molecular weight excluding hydrogens is 392 g/mol. The van der Waals surface area contributed by atoms with Gasteiger partial charge in [-0.3, -0.25) is 4.79 Å². The van der Waals surface area contributed by atoms with Crippen molar-refractivity contribution in [3.63, 3.8) is 0 Å². The van der Waals surface area contributed by atoms with Crippen molar-refractivity contribution in [2.75, 3.05) is 42.7 Å². The number of carbonyl (C=O) groups is 1. The summed E-state index contributed by atoms with van der Waals surface area (Å²) >= 11 is 0. The molecule has 0 N–H and O–H groups in total. The van der Waals surface area contributed by atoms with E-state index < -0.39 is 5.60 Å². The highest BCUT2D eigenvalue weighted by Crippen LogP contribution is 2.51. The van der Waals surface area contributed by atoms with E-state index in [0.29, 0.717) is 52.0 Å². The highest BCUT2D eigenvalue weighted by atomic mass is 16.6. The number of methoxy groups -OCH3 is 6. The third kappa shape index (κ3) is 3.42. The zero-order valence-corrected chi connectivity index (χ0v) is 18.0. The van der Waals surface area contributed by atoms with Crippen molar-refractivity contribution in [2.45, 2.75) is 18.4 Å². The number of hydrogen-bond acceptors (Lipinski definition) is 8. The minimum absolute atomic E-state index is 0.257. The number of carbonyl (C=O) groups excluding carboxylic acids is 1. The van der Waals surface area contributed by atoms with Crippen LogP contribution in [0.3, 0.4) is 0 Å². The lowest BCUT2D eigenvalue weighted by atomic mass is 9.83. The van der Waals surface area contributed by atoms with Crippen LogP contribution in [0, 0.1) is 0 Å². The zero-order valence-electron chi connectivity index (χ0n) is 18.0. The van der Waals surface area contributed by atoms with Crippen molar-refractivity contribution in [1.29, 1.82) is 0 Å². The number of cyclic esters (lactones) is 1. The van der Waals surface area contributed by atoms with E-state index in [4.69, 9.17) is 33.2 Å². The van der Waals surface area contributed by atoms with Gasteiger partial charge < -0.3 is 33.2 Å². The fourth-order valence-electron chi connectivity index (χ4n) is 3.78. The van der Waals surface area contributed by atoms with Gasteiger partial charge in [-0.25, -0.2) is 0 Å². The second-order valence-electron chi connectivity index (χ2n) is 6.63. The number of esters is 1. The molecule has 0 bridgehead atoms. The molecule has 8 nitrogen and oxygen atoms in total. The van der Waals surface area contributed by atoms with Crippen LogP contribution in [0.25, 0.3) is 0 Å². The number of ether oxygens (including phenoxy) is 7. The molecule has 0 unspecified atom stereocenters. The Hall–Kier alpha value is -3.29. The van der Waals surface area contributed by atoms with Gasteiger partial charge in [0, 0.05) is 17.5 Å². The lowest BCUT2D eigenvalue weighted by Crippen LogP contribution is -2.27. The SMILES string of the molecule is COc1cc(C2(c3cc(OC)c(OC)c(OC)c3)CCC(=O)O2)cc(OC)c1OC. The van der Waals surface area contributed by atoms with Crippen LogP contribution in [0.15, 0.2) is 24.3 Å². The van der Waals surface area contributed by atoms with E-state index >= 15 is 0 Å². The molecule has 0 aliphatic carbocycles. The third-order valence-electron chi connectivity index (χ3n) is 5.23. The minimum Gasteiger partial charge on any atom is -0.493 e. The minimum atomic E-state index is -1.09. The molecule has 0 aromatic heterocycles. The predicted molar refractivity (Wildman–Crippen MR) is 108 cm³/mol. The Bertz CT molecular complexity index is 823. The van der Waals surface area contributed by atoms with Crippen LogP contribution in [0.1, 0.15) is 24.0 Å². The van der Waals surface area contributed by atoms with Crippen LogP contribution < -0.4 is 28.4 Å². The molecule has 1 saturated heterocycles. The Morgan fingerprint density at radius 3 is 1.27 bits per heavy atom. The van der Waals surface area contributed by atoms with Crippen molar-refractivity contribution in [3.05, 3.63) is 35.4 Å². The Morgan fingerprint density at radius 1 is 0.667 bits per heavy atom. The Balaban J connectivity index is 2.29. The molecule has 0 radical (unpaired) electrons. The molecule has 2 aromatic carbocycles. The summed E-state index contributed by atoms with van der Waals surface area (Å²) in [7, 11) is 9.21. The molecule has 2 aromatic rings. The molecule has 3 rings (SSSR count). The van der Waals surface area contributed by atoms with Gasteiger partial charge >= 0.3 is 5.97 Å². The maximum atomic E-state index is 12.3. The van der Waals surface area contributed by atoms with E-state index in [-0.39, 0.29) is 12.4 Å². The first-order valence-corrected chi connectivity index (χ1v) is 9.30. The molecule has 0 spiro atoms. The monoisotopic (exact) mass is 418 g/mol. The van der Waals surface area contributed by atoms with E-state index in [0.717, 1.165) is 0 Å². The quantitative estimate of drug-likeness (QED) is 0.604. The van der Waals surface area contributed by atoms with Gasteiger partial charge in [-0.1, -0.05) is 0 Å². The molecule has 0 atom stereocenters. The fourth-order valence-corrected chi connectivity index (χ4v) is 3.78. The van der Waals surface area contributed by atoms with E-state index in [9.17, 15) is 4.79 Å². The topological polar surface area (TPSA) is 81.7 Å². The van der Waals surface area contributed by atoms with Crippen molar-refractivity contribution < 1.29 is 38.0 Å². The maximum Gasteiger partial charge on any atom is 0.307 e. The van der Waals surface area contributed by atoms with Crippen LogP contribution in [0.2, 0.25) is 0 Å². The number of rotatable bonds is 8. The number of hydrogen-bond donors (Lipinski definition) is 0.